The van der Waals surface area contributed by atoms with E-state index in [0.29, 0.717) is 26.4 Å². The topological polar surface area (TPSA) is 39.7 Å². The smallest absolute Gasteiger partial charge is 0.124 e. The van der Waals surface area contributed by atoms with Gasteiger partial charge in [0.1, 0.15) is 12.4 Å². The molecule has 108 valence electrons. The first-order valence-electron chi connectivity index (χ1n) is 6.66. The predicted octanol–water partition coefficient (Wildman–Crippen LogP) is 2.32. The van der Waals surface area contributed by atoms with Crippen molar-refractivity contribution in [2.24, 2.45) is 0 Å². The van der Waals surface area contributed by atoms with Gasteiger partial charge in [0, 0.05) is 18.7 Å². The number of methoxy groups -OCH3 is 1. The van der Waals surface area contributed by atoms with Gasteiger partial charge in [0.2, 0.25) is 0 Å². The highest BCUT2D eigenvalue weighted by molar-refractivity contribution is 5.39. The molecular formula is C15H25NO3. The molecule has 0 aromatic heterocycles. The monoisotopic (exact) mass is 267 g/mol. The molecule has 4 heteroatoms. The van der Waals surface area contributed by atoms with Crippen LogP contribution in [-0.4, -0.2) is 40.6 Å². The second-order valence-corrected chi connectivity index (χ2v) is 4.51. The fourth-order valence-electron chi connectivity index (χ4n) is 1.73. The lowest BCUT2D eigenvalue weighted by molar-refractivity contribution is 0.0542. The minimum atomic E-state index is 0.269. The molecule has 1 N–H and O–H groups in total. The highest BCUT2D eigenvalue weighted by atomic mass is 16.5. The van der Waals surface area contributed by atoms with Crippen molar-refractivity contribution in [1.82, 2.24) is 5.32 Å². The molecule has 0 amide bonds. The molecule has 0 heterocycles. The lowest BCUT2D eigenvalue weighted by atomic mass is 10.1. The highest BCUT2D eigenvalue weighted by Crippen LogP contribution is 2.26. The van der Waals surface area contributed by atoms with E-state index in [9.17, 15) is 0 Å². The van der Waals surface area contributed by atoms with Crippen molar-refractivity contribution in [2.45, 2.75) is 19.9 Å². The molecule has 0 aliphatic rings. The molecule has 1 aromatic rings. The third-order valence-corrected chi connectivity index (χ3v) is 2.99. The van der Waals surface area contributed by atoms with Crippen molar-refractivity contribution in [2.75, 3.05) is 40.6 Å². The van der Waals surface area contributed by atoms with Crippen LogP contribution in [0.4, 0.5) is 0 Å². The summed E-state index contributed by atoms with van der Waals surface area (Å²) in [6, 6.07) is 6.55. The fourth-order valence-corrected chi connectivity index (χ4v) is 1.73. The molecule has 4 nitrogen and oxygen atoms in total. The van der Waals surface area contributed by atoms with Gasteiger partial charge in [-0.05, 0) is 32.5 Å². The summed E-state index contributed by atoms with van der Waals surface area (Å²) in [5.41, 5.74) is 2.37. The Labute approximate surface area is 116 Å². The number of ether oxygens (including phenoxy) is 3. The zero-order chi connectivity index (χ0) is 14.1. The van der Waals surface area contributed by atoms with Crippen LogP contribution in [0.1, 0.15) is 24.1 Å². The van der Waals surface area contributed by atoms with Gasteiger partial charge in [-0.3, -0.25) is 0 Å². The Hall–Kier alpha value is -1.10. The fraction of sp³-hybridized carbons (Fsp3) is 0.600. The van der Waals surface area contributed by atoms with E-state index in [2.05, 4.69) is 37.4 Å². The maximum Gasteiger partial charge on any atom is 0.124 e. The number of rotatable bonds is 9. The molecule has 0 saturated carbocycles. The van der Waals surface area contributed by atoms with Crippen molar-refractivity contribution in [1.29, 1.82) is 0 Å². The van der Waals surface area contributed by atoms with E-state index in [0.717, 1.165) is 5.75 Å². The number of benzene rings is 1. The van der Waals surface area contributed by atoms with Crippen LogP contribution in [0.3, 0.4) is 0 Å². The Balaban J connectivity index is 2.49. The summed E-state index contributed by atoms with van der Waals surface area (Å²) in [4.78, 5) is 0. The summed E-state index contributed by atoms with van der Waals surface area (Å²) in [6.07, 6.45) is 0. The Morgan fingerprint density at radius 1 is 1.16 bits per heavy atom. The second kappa shape index (κ2) is 8.91. The van der Waals surface area contributed by atoms with Crippen LogP contribution in [0.15, 0.2) is 18.2 Å². The Morgan fingerprint density at radius 2 is 1.89 bits per heavy atom. The molecule has 1 aromatic carbocycles. The highest BCUT2D eigenvalue weighted by Gasteiger charge is 2.10. The molecule has 1 unspecified atom stereocenters. The van der Waals surface area contributed by atoms with Gasteiger partial charge in [0.05, 0.1) is 19.8 Å². The molecule has 0 spiro atoms. The second-order valence-electron chi connectivity index (χ2n) is 4.51. The van der Waals surface area contributed by atoms with E-state index in [1.165, 1.54) is 11.1 Å². The predicted molar refractivity (Wildman–Crippen MR) is 76.8 cm³/mol. The quantitative estimate of drug-likeness (QED) is 0.697. The van der Waals surface area contributed by atoms with Crippen molar-refractivity contribution in [3.63, 3.8) is 0 Å². The third kappa shape index (κ3) is 5.59. The van der Waals surface area contributed by atoms with E-state index in [4.69, 9.17) is 14.2 Å². The maximum absolute atomic E-state index is 5.82. The van der Waals surface area contributed by atoms with Gasteiger partial charge < -0.3 is 19.5 Å². The first-order valence-corrected chi connectivity index (χ1v) is 6.66. The van der Waals surface area contributed by atoms with E-state index in [1.807, 2.05) is 7.05 Å². The van der Waals surface area contributed by atoms with Crippen molar-refractivity contribution in [3.8, 4) is 5.75 Å². The SMILES string of the molecule is CNC(C)c1ccc(C)cc1OCCOCCOC. The first-order chi connectivity index (χ1) is 9.19. The molecule has 0 radical (unpaired) electrons. The normalized spacial score (nSPS) is 12.4. The summed E-state index contributed by atoms with van der Waals surface area (Å²) in [7, 11) is 3.61. The third-order valence-electron chi connectivity index (χ3n) is 2.99. The molecule has 0 saturated heterocycles. The molecule has 1 rings (SSSR count). The van der Waals surface area contributed by atoms with Crippen molar-refractivity contribution < 1.29 is 14.2 Å². The minimum Gasteiger partial charge on any atom is -0.491 e. The Morgan fingerprint density at radius 3 is 2.58 bits per heavy atom. The van der Waals surface area contributed by atoms with E-state index in [1.54, 1.807) is 7.11 Å². The zero-order valence-electron chi connectivity index (χ0n) is 12.4. The molecule has 0 bridgehead atoms. The van der Waals surface area contributed by atoms with Crippen LogP contribution in [0.25, 0.3) is 0 Å². The zero-order valence-corrected chi connectivity index (χ0v) is 12.4. The summed E-state index contributed by atoms with van der Waals surface area (Å²) in [5, 5.41) is 3.23. The van der Waals surface area contributed by atoms with Gasteiger partial charge in [-0.25, -0.2) is 0 Å². The lowest BCUT2D eigenvalue weighted by Gasteiger charge is -2.17. The number of aryl methyl sites for hydroxylation is 1. The molecular weight excluding hydrogens is 242 g/mol. The van der Waals surface area contributed by atoms with Crippen LogP contribution < -0.4 is 10.1 Å². The van der Waals surface area contributed by atoms with Crippen molar-refractivity contribution >= 4 is 0 Å². The summed E-state index contributed by atoms with van der Waals surface area (Å²) in [5.74, 6) is 0.928. The standard InChI is InChI=1S/C15H25NO3/c1-12-5-6-14(13(2)16-3)15(11-12)19-10-9-18-8-7-17-4/h5-6,11,13,16H,7-10H2,1-4H3. The largest absolute Gasteiger partial charge is 0.491 e. The van der Waals surface area contributed by atoms with Crippen molar-refractivity contribution in [3.05, 3.63) is 29.3 Å². The van der Waals surface area contributed by atoms with Crippen LogP contribution in [0, 0.1) is 6.92 Å². The van der Waals surface area contributed by atoms with Gasteiger partial charge in [0.25, 0.3) is 0 Å². The Kier molecular flexibility index (Phi) is 7.48. The summed E-state index contributed by atoms with van der Waals surface area (Å²) < 4.78 is 16.1. The van der Waals surface area contributed by atoms with E-state index < -0.39 is 0 Å². The van der Waals surface area contributed by atoms with Crippen LogP contribution in [-0.2, 0) is 9.47 Å². The van der Waals surface area contributed by atoms with Crippen LogP contribution >= 0.6 is 0 Å². The van der Waals surface area contributed by atoms with E-state index >= 15 is 0 Å². The van der Waals surface area contributed by atoms with E-state index in [-0.39, 0.29) is 6.04 Å². The number of nitrogens with one attached hydrogen (secondary N) is 1. The molecule has 1 atom stereocenters. The number of hydrogen-bond donors (Lipinski definition) is 1. The average Bonchev–Trinajstić information content (AvgIpc) is 2.42. The van der Waals surface area contributed by atoms with Crippen LogP contribution in [0.2, 0.25) is 0 Å². The minimum absolute atomic E-state index is 0.269. The van der Waals surface area contributed by atoms with Gasteiger partial charge in [-0.2, -0.15) is 0 Å². The van der Waals surface area contributed by atoms with Gasteiger partial charge in [-0.15, -0.1) is 0 Å². The average molecular weight is 267 g/mol. The van der Waals surface area contributed by atoms with Gasteiger partial charge in [0.15, 0.2) is 0 Å². The molecule has 0 aliphatic heterocycles. The molecule has 0 aliphatic carbocycles. The summed E-state index contributed by atoms with van der Waals surface area (Å²) in [6.45, 7) is 6.53. The van der Waals surface area contributed by atoms with Gasteiger partial charge >= 0.3 is 0 Å². The number of hydrogen-bond acceptors (Lipinski definition) is 4. The lowest BCUT2D eigenvalue weighted by Crippen LogP contribution is -2.15. The maximum atomic E-state index is 5.82. The first kappa shape index (κ1) is 16.0. The van der Waals surface area contributed by atoms with Gasteiger partial charge in [-0.1, -0.05) is 12.1 Å². The Bertz CT molecular complexity index is 368. The summed E-state index contributed by atoms with van der Waals surface area (Å²) >= 11 is 0. The molecule has 0 fully saturated rings. The van der Waals surface area contributed by atoms with Crippen LogP contribution in [0.5, 0.6) is 5.75 Å². The molecule has 19 heavy (non-hydrogen) atoms.